The Morgan fingerprint density at radius 2 is 1.97 bits per heavy atom. The summed E-state index contributed by atoms with van der Waals surface area (Å²) in [6.45, 7) is -0.892. The van der Waals surface area contributed by atoms with Crippen LogP contribution in [0.1, 0.15) is 40.5 Å². The van der Waals surface area contributed by atoms with E-state index in [1.807, 2.05) is 0 Å². The number of rotatable bonds is 6. The summed E-state index contributed by atoms with van der Waals surface area (Å²) in [6, 6.07) is 5.06. The standard InChI is InChI=1S/C22H19F4N5O2/c23-14-5-2-6-15(24)20(14)16-7-12-3-1-4-13(21(12)30-29-16)10-31(11-18(25)26)22(33)17-8-28-19(32)9-27-17/h2,5-9,13,18H,1,3-4,10-11H2,(H,28,32). The van der Waals surface area contributed by atoms with Crippen molar-refractivity contribution in [3.63, 3.8) is 0 Å². The number of aryl methyl sites for hydroxylation is 1. The van der Waals surface area contributed by atoms with Crippen molar-refractivity contribution < 1.29 is 22.4 Å². The van der Waals surface area contributed by atoms with E-state index in [0.29, 0.717) is 30.5 Å². The second-order valence-electron chi connectivity index (χ2n) is 7.72. The Labute approximate surface area is 185 Å². The van der Waals surface area contributed by atoms with Gasteiger partial charge in [0.15, 0.2) is 0 Å². The maximum absolute atomic E-state index is 14.2. The number of aromatic amines is 1. The molecular formula is C22H19F4N5O2. The van der Waals surface area contributed by atoms with Gasteiger partial charge >= 0.3 is 0 Å². The van der Waals surface area contributed by atoms with E-state index < -0.39 is 42.0 Å². The van der Waals surface area contributed by atoms with Crippen molar-refractivity contribution in [1.82, 2.24) is 25.1 Å². The van der Waals surface area contributed by atoms with Crippen LogP contribution in [0.4, 0.5) is 17.6 Å². The minimum absolute atomic E-state index is 0.0444. The lowest BCUT2D eigenvalue weighted by atomic mass is 9.86. The molecule has 0 bridgehead atoms. The molecule has 172 valence electrons. The van der Waals surface area contributed by atoms with Crippen molar-refractivity contribution in [2.24, 2.45) is 0 Å². The Morgan fingerprint density at radius 1 is 1.21 bits per heavy atom. The summed E-state index contributed by atoms with van der Waals surface area (Å²) in [5, 5.41) is 8.14. The summed E-state index contributed by atoms with van der Waals surface area (Å²) in [7, 11) is 0. The van der Waals surface area contributed by atoms with Gasteiger partial charge in [0.1, 0.15) is 17.3 Å². The second-order valence-corrected chi connectivity index (χ2v) is 7.72. The van der Waals surface area contributed by atoms with Gasteiger partial charge in [0, 0.05) is 18.7 Å². The van der Waals surface area contributed by atoms with Crippen LogP contribution in [0.5, 0.6) is 0 Å². The average Bonchev–Trinajstić information content (AvgIpc) is 2.78. The zero-order valence-corrected chi connectivity index (χ0v) is 17.3. The summed E-state index contributed by atoms with van der Waals surface area (Å²) < 4.78 is 54.8. The molecule has 3 aromatic rings. The van der Waals surface area contributed by atoms with Crippen LogP contribution in [0.15, 0.2) is 41.5 Å². The number of halogens is 4. The van der Waals surface area contributed by atoms with Crippen LogP contribution in [0.2, 0.25) is 0 Å². The van der Waals surface area contributed by atoms with Crippen molar-refractivity contribution in [3.05, 3.63) is 75.6 Å². The first kappa shape index (κ1) is 22.6. The SMILES string of the molecule is O=C(c1c[nH]c(=O)cn1)N(CC(F)F)CC1CCCc2cc(-c3c(F)cccc3F)nnc21. The number of aromatic nitrogens is 4. The highest BCUT2D eigenvalue weighted by molar-refractivity contribution is 5.92. The molecule has 7 nitrogen and oxygen atoms in total. The van der Waals surface area contributed by atoms with Crippen LogP contribution in [0.3, 0.4) is 0 Å². The fourth-order valence-electron chi connectivity index (χ4n) is 4.00. The van der Waals surface area contributed by atoms with E-state index in [9.17, 15) is 27.2 Å². The summed E-state index contributed by atoms with van der Waals surface area (Å²) in [6.07, 6.45) is 1.02. The number of H-pyrrole nitrogens is 1. The lowest BCUT2D eigenvalue weighted by molar-refractivity contribution is 0.0527. The van der Waals surface area contributed by atoms with Crippen molar-refractivity contribution >= 4 is 5.91 Å². The third kappa shape index (κ3) is 4.91. The fraction of sp³-hybridized carbons (Fsp3) is 0.318. The molecule has 0 spiro atoms. The van der Waals surface area contributed by atoms with Crippen LogP contribution in [0, 0.1) is 11.6 Å². The van der Waals surface area contributed by atoms with Crippen LogP contribution >= 0.6 is 0 Å². The number of carbonyl (C=O) groups excluding carboxylic acids is 1. The van der Waals surface area contributed by atoms with Gasteiger partial charge in [-0.15, -0.1) is 0 Å². The Morgan fingerprint density at radius 3 is 2.64 bits per heavy atom. The molecule has 0 fully saturated rings. The molecular weight excluding hydrogens is 442 g/mol. The lowest BCUT2D eigenvalue weighted by Crippen LogP contribution is -2.39. The molecule has 0 saturated carbocycles. The maximum atomic E-state index is 14.2. The van der Waals surface area contributed by atoms with Crippen LogP contribution in [-0.4, -0.2) is 50.5 Å². The summed E-state index contributed by atoms with van der Waals surface area (Å²) in [4.78, 5) is 31.0. The number of hydrogen-bond donors (Lipinski definition) is 1. The maximum Gasteiger partial charge on any atom is 0.274 e. The Balaban J connectivity index is 1.62. The van der Waals surface area contributed by atoms with Crippen molar-refractivity contribution in [2.75, 3.05) is 13.1 Å². The van der Waals surface area contributed by atoms with Gasteiger partial charge in [-0.3, -0.25) is 9.59 Å². The Kier molecular flexibility index (Phi) is 6.47. The first-order valence-corrected chi connectivity index (χ1v) is 10.3. The molecule has 1 aliphatic carbocycles. The van der Waals surface area contributed by atoms with E-state index in [0.717, 1.165) is 29.4 Å². The number of amides is 1. The van der Waals surface area contributed by atoms with Gasteiger partial charge in [-0.05, 0) is 43.0 Å². The van der Waals surface area contributed by atoms with Crippen LogP contribution in [-0.2, 0) is 6.42 Å². The number of benzene rings is 1. The quantitative estimate of drug-likeness (QED) is 0.569. The minimum atomic E-state index is -2.78. The predicted molar refractivity (Wildman–Crippen MR) is 110 cm³/mol. The molecule has 0 radical (unpaired) electrons. The van der Waals surface area contributed by atoms with E-state index >= 15 is 0 Å². The second kappa shape index (κ2) is 9.47. The van der Waals surface area contributed by atoms with Crippen molar-refractivity contribution in [2.45, 2.75) is 31.6 Å². The summed E-state index contributed by atoms with van der Waals surface area (Å²) in [5.74, 6) is -2.68. The fourth-order valence-corrected chi connectivity index (χ4v) is 4.00. The molecule has 1 aromatic carbocycles. The molecule has 1 amide bonds. The van der Waals surface area contributed by atoms with Gasteiger partial charge < -0.3 is 9.88 Å². The van der Waals surface area contributed by atoms with Crippen molar-refractivity contribution in [3.8, 4) is 11.3 Å². The molecule has 0 saturated heterocycles. The van der Waals surface area contributed by atoms with Gasteiger partial charge in [0.05, 0.1) is 29.7 Å². The minimum Gasteiger partial charge on any atom is -0.331 e. The van der Waals surface area contributed by atoms with Crippen LogP contribution < -0.4 is 5.56 Å². The largest absolute Gasteiger partial charge is 0.331 e. The lowest BCUT2D eigenvalue weighted by Gasteiger charge is -2.30. The third-order valence-electron chi connectivity index (χ3n) is 5.49. The average molecular weight is 461 g/mol. The van der Waals surface area contributed by atoms with Gasteiger partial charge in [0.2, 0.25) is 0 Å². The van der Waals surface area contributed by atoms with Crippen LogP contribution in [0.25, 0.3) is 11.3 Å². The summed E-state index contributed by atoms with van der Waals surface area (Å²) in [5.41, 5.74) is 0.276. The van der Waals surface area contributed by atoms with Gasteiger partial charge in [-0.2, -0.15) is 10.2 Å². The highest BCUT2D eigenvalue weighted by Crippen LogP contribution is 2.33. The highest BCUT2D eigenvalue weighted by atomic mass is 19.3. The summed E-state index contributed by atoms with van der Waals surface area (Å²) >= 11 is 0. The molecule has 0 aliphatic heterocycles. The molecule has 1 unspecified atom stereocenters. The zero-order valence-electron chi connectivity index (χ0n) is 17.3. The zero-order chi connectivity index (χ0) is 23.5. The molecule has 1 atom stereocenters. The van der Waals surface area contributed by atoms with Gasteiger partial charge in [-0.25, -0.2) is 22.5 Å². The predicted octanol–water partition coefficient (Wildman–Crippen LogP) is 3.33. The molecule has 1 N–H and O–H groups in total. The number of alkyl halides is 2. The Bertz CT molecular complexity index is 1190. The number of nitrogens with zero attached hydrogens (tertiary/aromatic N) is 4. The highest BCUT2D eigenvalue weighted by Gasteiger charge is 2.30. The first-order valence-electron chi connectivity index (χ1n) is 10.3. The molecule has 4 rings (SSSR count). The number of fused-ring (bicyclic) bond motifs is 1. The normalized spacial score (nSPS) is 15.4. The monoisotopic (exact) mass is 461 g/mol. The van der Waals surface area contributed by atoms with E-state index in [-0.39, 0.29) is 23.5 Å². The molecule has 11 heteroatoms. The molecule has 33 heavy (non-hydrogen) atoms. The molecule has 1 aliphatic rings. The first-order chi connectivity index (χ1) is 15.8. The van der Waals surface area contributed by atoms with Gasteiger partial charge in [-0.1, -0.05) is 6.07 Å². The van der Waals surface area contributed by atoms with E-state index in [1.165, 1.54) is 6.07 Å². The third-order valence-corrected chi connectivity index (χ3v) is 5.49. The number of nitrogens with one attached hydrogen (secondary N) is 1. The van der Waals surface area contributed by atoms with E-state index in [1.54, 1.807) is 6.07 Å². The van der Waals surface area contributed by atoms with E-state index in [4.69, 9.17) is 0 Å². The molecule has 2 heterocycles. The number of carbonyl (C=O) groups is 1. The van der Waals surface area contributed by atoms with E-state index in [2.05, 4.69) is 20.2 Å². The van der Waals surface area contributed by atoms with Gasteiger partial charge in [0.25, 0.3) is 17.9 Å². The smallest absolute Gasteiger partial charge is 0.274 e. The Hall–Kier alpha value is -3.63. The van der Waals surface area contributed by atoms with Crippen molar-refractivity contribution in [1.29, 1.82) is 0 Å². The number of hydrogen-bond acceptors (Lipinski definition) is 5. The topological polar surface area (TPSA) is 91.8 Å². The molecule has 2 aromatic heterocycles.